The molecule has 1 N–H and O–H groups in total. The maximum atomic E-state index is 13.8. The SMILES string of the molecule is Cc1cc(-c2nc(CC(C)C)c(C(=O)O)o2)c(F)cc1F. The highest BCUT2D eigenvalue weighted by atomic mass is 19.1. The van der Waals surface area contributed by atoms with Gasteiger partial charge in [0.25, 0.3) is 0 Å². The number of hydrogen-bond donors (Lipinski definition) is 1. The van der Waals surface area contributed by atoms with Crippen LogP contribution in [0.5, 0.6) is 0 Å². The lowest BCUT2D eigenvalue weighted by molar-refractivity contribution is 0.0661. The molecule has 1 aromatic carbocycles. The predicted molar refractivity (Wildman–Crippen MR) is 72.1 cm³/mol. The Morgan fingerprint density at radius 3 is 2.57 bits per heavy atom. The second kappa shape index (κ2) is 5.63. The van der Waals surface area contributed by atoms with Crippen LogP contribution in [0.15, 0.2) is 16.5 Å². The molecule has 0 unspecified atom stereocenters. The smallest absolute Gasteiger partial charge is 0.373 e. The largest absolute Gasteiger partial charge is 0.475 e. The van der Waals surface area contributed by atoms with E-state index < -0.39 is 17.6 Å². The van der Waals surface area contributed by atoms with E-state index in [2.05, 4.69) is 4.98 Å². The van der Waals surface area contributed by atoms with Gasteiger partial charge in [-0.1, -0.05) is 13.8 Å². The maximum absolute atomic E-state index is 13.8. The molecule has 0 saturated heterocycles. The highest BCUT2D eigenvalue weighted by Gasteiger charge is 2.23. The fourth-order valence-electron chi connectivity index (χ4n) is 1.98. The second-order valence-electron chi connectivity index (χ2n) is 5.28. The first-order chi connectivity index (χ1) is 9.79. The molecule has 0 aliphatic carbocycles. The Labute approximate surface area is 120 Å². The van der Waals surface area contributed by atoms with Crippen LogP contribution in [-0.2, 0) is 6.42 Å². The van der Waals surface area contributed by atoms with Crippen LogP contribution in [0.4, 0.5) is 8.78 Å². The number of benzene rings is 1. The molecule has 112 valence electrons. The van der Waals surface area contributed by atoms with Crippen molar-refractivity contribution in [1.29, 1.82) is 0 Å². The molecule has 2 rings (SSSR count). The Balaban J connectivity index is 2.55. The number of nitrogens with zero attached hydrogens (tertiary/aromatic N) is 1. The Morgan fingerprint density at radius 2 is 2.00 bits per heavy atom. The normalized spacial score (nSPS) is 11.1. The Morgan fingerprint density at radius 1 is 1.33 bits per heavy atom. The van der Waals surface area contributed by atoms with Crippen LogP contribution >= 0.6 is 0 Å². The number of aromatic carboxylic acids is 1. The summed E-state index contributed by atoms with van der Waals surface area (Å²) in [4.78, 5) is 15.2. The van der Waals surface area contributed by atoms with E-state index in [-0.39, 0.29) is 34.4 Å². The number of halogens is 2. The number of aryl methyl sites for hydroxylation is 1. The first-order valence-corrected chi connectivity index (χ1v) is 6.48. The minimum atomic E-state index is -1.26. The van der Waals surface area contributed by atoms with Gasteiger partial charge in [-0.2, -0.15) is 0 Å². The van der Waals surface area contributed by atoms with Crippen LogP contribution in [0.3, 0.4) is 0 Å². The van der Waals surface area contributed by atoms with Gasteiger partial charge in [-0.15, -0.1) is 0 Å². The van der Waals surface area contributed by atoms with Crippen molar-refractivity contribution in [3.8, 4) is 11.5 Å². The number of oxazole rings is 1. The number of carboxylic acids is 1. The third kappa shape index (κ3) is 3.09. The van der Waals surface area contributed by atoms with Crippen molar-refractivity contribution in [1.82, 2.24) is 4.98 Å². The number of carbonyl (C=O) groups is 1. The summed E-state index contributed by atoms with van der Waals surface area (Å²) in [5.74, 6) is -3.07. The molecule has 0 aliphatic rings. The summed E-state index contributed by atoms with van der Waals surface area (Å²) in [5, 5.41) is 9.12. The summed E-state index contributed by atoms with van der Waals surface area (Å²) in [5.41, 5.74) is 0.437. The van der Waals surface area contributed by atoms with E-state index in [1.807, 2.05) is 13.8 Å². The van der Waals surface area contributed by atoms with Crippen LogP contribution in [-0.4, -0.2) is 16.1 Å². The summed E-state index contributed by atoms with van der Waals surface area (Å²) < 4.78 is 32.3. The van der Waals surface area contributed by atoms with Gasteiger partial charge in [0.05, 0.1) is 11.3 Å². The summed E-state index contributed by atoms with van der Waals surface area (Å²) in [6.45, 7) is 5.29. The fraction of sp³-hybridized carbons (Fsp3) is 0.333. The van der Waals surface area contributed by atoms with Gasteiger partial charge in [0.2, 0.25) is 11.7 Å². The quantitative estimate of drug-likeness (QED) is 0.931. The van der Waals surface area contributed by atoms with Crippen LogP contribution in [0.25, 0.3) is 11.5 Å². The zero-order valence-corrected chi connectivity index (χ0v) is 11.9. The van der Waals surface area contributed by atoms with Crippen molar-refractivity contribution in [2.45, 2.75) is 27.2 Å². The van der Waals surface area contributed by atoms with Gasteiger partial charge >= 0.3 is 5.97 Å². The molecular weight excluding hydrogens is 280 g/mol. The van der Waals surface area contributed by atoms with Crippen LogP contribution in [0, 0.1) is 24.5 Å². The molecule has 0 aliphatic heterocycles. The van der Waals surface area contributed by atoms with Gasteiger partial charge in [-0.3, -0.25) is 0 Å². The molecule has 0 radical (unpaired) electrons. The highest BCUT2D eigenvalue weighted by molar-refractivity contribution is 5.86. The van der Waals surface area contributed by atoms with Gasteiger partial charge in [0.1, 0.15) is 11.6 Å². The summed E-state index contributed by atoms with van der Waals surface area (Å²) in [6, 6.07) is 1.98. The Kier molecular flexibility index (Phi) is 4.06. The lowest BCUT2D eigenvalue weighted by Gasteiger charge is -2.01. The lowest BCUT2D eigenvalue weighted by atomic mass is 10.1. The molecule has 2 aromatic rings. The van der Waals surface area contributed by atoms with Crippen molar-refractivity contribution in [3.63, 3.8) is 0 Å². The first kappa shape index (κ1) is 15.2. The van der Waals surface area contributed by atoms with E-state index in [9.17, 15) is 13.6 Å². The molecular formula is C15H15F2NO3. The molecule has 1 aromatic heterocycles. The molecule has 21 heavy (non-hydrogen) atoms. The average molecular weight is 295 g/mol. The van der Waals surface area contributed by atoms with Crippen molar-refractivity contribution in [2.75, 3.05) is 0 Å². The summed E-state index contributed by atoms with van der Waals surface area (Å²) >= 11 is 0. The highest BCUT2D eigenvalue weighted by Crippen LogP contribution is 2.28. The molecule has 0 spiro atoms. The van der Waals surface area contributed by atoms with E-state index >= 15 is 0 Å². The zero-order chi connectivity index (χ0) is 15.7. The van der Waals surface area contributed by atoms with Crippen molar-refractivity contribution >= 4 is 5.97 Å². The monoisotopic (exact) mass is 295 g/mol. The standard InChI is InChI=1S/C15H15F2NO3/c1-7(2)4-12-13(15(19)20)21-14(18-12)9-5-8(3)10(16)6-11(9)17/h5-7H,4H2,1-3H3,(H,19,20). The van der Waals surface area contributed by atoms with E-state index in [1.165, 1.54) is 13.0 Å². The van der Waals surface area contributed by atoms with Gasteiger partial charge in [-0.05, 0) is 30.9 Å². The third-order valence-corrected chi connectivity index (χ3v) is 2.97. The predicted octanol–water partition coefficient (Wildman–Crippen LogP) is 3.82. The molecule has 4 nitrogen and oxygen atoms in total. The topological polar surface area (TPSA) is 63.3 Å². The molecule has 0 atom stereocenters. The second-order valence-corrected chi connectivity index (χ2v) is 5.28. The van der Waals surface area contributed by atoms with Gasteiger partial charge < -0.3 is 9.52 Å². The Hall–Kier alpha value is -2.24. The number of carboxylic acid groups (broad SMARTS) is 1. The minimum Gasteiger partial charge on any atom is -0.475 e. The van der Waals surface area contributed by atoms with Crippen LogP contribution in [0.1, 0.15) is 35.7 Å². The van der Waals surface area contributed by atoms with Crippen molar-refractivity contribution in [2.24, 2.45) is 5.92 Å². The molecule has 0 saturated carbocycles. The number of rotatable bonds is 4. The minimum absolute atomic E-state index is 0.0496. The summed E-state index contributed by atoms with van der Waals surface area (Å²) in [7, 11) is 0. The Bertz CT molecular complexity index is 692. The van der Waals surface area contributed by atoms with Crippen LogP contribution in [0.2, 0.25) is 0 Å². The third-order valence-electron chi connectivity index (χ3n) is 2.97. The van der Waals surface area contributed by atoms with E-state index in [0.717, 1.165) is 6.07 Å². The maximum Gasteiger partial charge on any atom is 0.373 e. The van der Waals surface area contributed by atoms with Gasteiger partial charge in [-0.25, -0.2) is 18.6 Å². The molecule has 0 amide bonds. The number of aromatic nitrogens is 1. The van der Waals surface area contributed by atoms with Crippen molar-refractivity contribution in [3.05, 3.63) is 40.8 Å². The van der Waals surface area contributed by atoms with E-state index in [4.69, 9.17) is 9.52 Å². The van der Waals surface area contributed by atoms with Crippen LogP contribution < -0.4 is 0 Å². The zero-order valence-electron chi connectivity index (χ0n) is 11.9. The molecule has 0 bridgehead atoms. The summed E-state index contributed by atoms with van der Waals surface area (Å²) in [6.07, 6.45) is 0.396. The molecule has 1 heterocycles. The first-order valence-electron chi connectivity index (χ1n) is 6.48. The van der Waals surface area contributed by atoms with Crippen molar-refractivity contribution < 1.29 is 23.1 Å². The van der Waals surface area contributed by atoms with Gasteiger partial charge in [0, 0.05) is 6.07 Å². The lowest BCUT2D eigenvalue weighted by Crippen LogP contribution is -2.03. The van der Waals surface area contributed by atoms with Gasteiger partial charge in [0.15, 0.2) is 0 Å². The van der Waals surface area contributed by atoms with E-state index in [1.54, 1.807) is 0 Å². The number of hydrogen-bond acceptors (Lipinski definition) is 3. The average Bonchev–Trinajstić information content (AvgIpc) is 2.76. The molecule has 0 fully saturated rings. The van der Waals surface area contributed by atoms with E-state index in [0.29, 0.717) is 6.42 Å². The fourth-order valence-corrected chi connectivity index (χ4v) is 1.98. The molecule has 6 heteroatoms.